The van der Waals surface area contributed by atoms with Crippen LogP contribution in [0.15, 0.2) is 18.5 Å². The largest absolute Gasteiger partial charge is 0.488 e. The van der Waals surface area contributed by atoms with Crippen molar-refractivity contribution in [3.05, 3.63) is 18.5 Å². The average Bonchev–Trinajstić information content (AvgIpc) is 2.40. The molecule has 0 amide bonds. The predicted molar refractivity (Wildman–Crippen MR) is 75.1 cm³/mol. The smallest absolute Gasteiger partial charge is 0.140 e. The fraction of sp³-hybridized carbons (Fsp3) is 0.667. The van der Waals surface area contributed by atoms with E-state index in [9.17, 15) is 0 Å². The molecule has 1 aliphatic carbocycles. The first-order valence-electron chi connectivity index (χ1n) is 7.19. The number of anilines is 1. The first-order chi connectivity index (χ1) is 8.83. The molecular weight excluding hydrogens is 224 g/mol. The fourth-order valence-electron chi connectivity index (χ4n) is 2.75. The number of rotatable bonds is 5. The Labute approximate surface area is 110 Å². The highest BCUT2D eigenvalue weighted by molar-refractivity contribution is 5.45. The van der Waals surface area contributed by atoms with E-state index in [1.54, 1.807) is 0 Å². The Morgan fingerprint density at radius 1 is 1.28 bits per heavy atom. The van der Waals surface area contributed by atoms with Crippen molar-refractivity contribution in [1.82, 2.24) is 4.98 Å². The number of hydrogen-bond acceptors (Lipinski definition) is 3. The topological polar surface area (TPSA) is 34.2 Å². The first kappa shape index (κ1) is 13.2. The van der Waals surface area contributed by atoms with Gasteiger partial charge in [-0.1, -0.05) is 13.3 Å². The van der Waals surface area contributed by atoms with Gasteiger partial charge in [0.1, 0.15) is 11.9 Å². The molecule has 1 aromatic heterocycles. The van der Waals surface area contributed by atoms with Crippen LogP contribution < -0.4 is 10.1 Å². The molecule has 3 nitrogen and oxygen atoms in total. The van der Waals surface area contributed by atoms with E-state index in [0.29, 0.717) is 12.0 Å². The maximum absolute atomic E-state index is 6.14. The lowest BCUT2D eigenvalue weighted by atomic mass is 9.85. The summed E-state index contributed by atoms with van der Waals surface area (Å²) in [5.41, 5.74) is 1.04. The van der Waals surface area contributed by atoms with Crippen LogP contribution in [0.25, 0.3) is 0 Å². The lowest BCUT2D eigenvalue weighted by molar-refractivity contribution is 0.0901. The molecule has 100 valence electrons. The summed E-state index contributed by atoms with van der Waals surface area (Å²) >= 11 is 0. The zero-order chi connectivity index (χ0) is 12.8. The third kappa shape index (κ3) is 3.37. The standard InChI is InChI=1S/C15H24N2O/c1-3-12-7-5-6-8-15(12)18-14-9-13(17-4-2)10-16-11-14/h9-12,15,17H,3-8H2,1-2H3. The fourth-order valence-corrected chi connectivity index (χ4v) is 2.75. The van der Waals surface area contributed by atoms with Gasteiger partial charge in [-0.2, -0.15) is 0 Å². The summed E-state index contributed by atoms with van der Waals surface area (Å²) in [4.78, 5) is 4.23. The number of aromatic nitrogens is 1. The van der Waals surface area contributed by atoms with E-state index < -0.39 is 0 Å². The van der Waals surface area contributed by atoms with Crippen molar-refractivity contribution in [2.24, 2.45) is 5.92 Å². The molecule has 0 aromatic carbocycles. The van der Waals surface area contributed by atoms with Crippen molar-refractivity contribution < 1.29 is 4.74 Å². The second-order valence-corrected chi connectivity index (χ2v) is 5.05. The Morgan fingerprint density at radius 3 is 2.89 bits per heavy atom. The predicted octanol–water partition coefficient (Wildman–Crippen LogP) is 3.86. The van der Waals surface area contributed by atoms with Gasteiger partial charge in [-0.15, -0.1) is 0 Å². The van der Waals surface area contributed by atoms with E-state index in [1.165, 1.54) is 32.1 Å². The summed E-state index contributed by atoms with van der Waals surface area (Å²) in [7, 11) is 0. The van der Waals surface area contributed by atoms with E-state index in [0.717, 1.165) is 18.0 Å². The van der Waals surface area contributed by atoms with Gasteiger partial charge >= 0.3 is 0 Å². The molecule has 3 heteroatoms. The highest BCUT2D eigenvalue weighted by Crippen LogP contribution is 2.30. The highest BCUT2D eigenvalue weighted by Gasteiger charge is 2.25. The molecule has 0 bridgehead atoms. The zero-order valence-electron chi connectivity index (χ0n) is 11.5. The van der Waals surface area contributed by atoms with Gasteiger partial charge in [0.25, 0.3) is 0 Å². The Balaban J connectivity index is 2.00. The van der Waals surface area contributed by atoms with E-state index in [2.05, 4.69) is 30.2 Å². The molecule has 2 rings (SSSR count). The van der Waals surface area contributed by atoms with Crippen LogP contribution in [0.2, 0.25) is 0 Å². The van der Waals surface area contributed by atoms with Crippen molar-refractivity contribution in [3.63, 3.8) is 0 Å². The third-order valence-corrected chi connectivity index (χ3v) is 3.75. The molecule has 18 heavy (non-hydrogen) atoms. The Bertz CT molecular complexity index is 367. The summed E-state index contributed by atoms with van der Waals surface area (Å²) < 4.78 is 6.14. The van der Waals surface area contributed by atoms with E-state index in [4.69, 9.17) is 4.74 Å². The highest BCUT2D eigenvalue weighted by atomic mass is 16.5. The summed E-state index contributed by atoms with van der Waals surface area (Å²) in [5, 5.41) is 3.27. The molecule has 0 radical (unpaired) electrons. The van der Waals surface area contributed by atoms with Crippen molar-refractivity contribution in [2.45, 2.75) is 52.1 Å². The number of hydrogen-bond donors (Lipinski definition) is 1. The van der Waals surface area contributed by atoms with Crippen molar-refractivity contribution in [2.75, 3.05) is 11.9 Å². The summed E-state index contributed by atoms with van der Waals surface area (Å²) in [6.45, 7) is 5.26. The molecule has 1 N–H and O–H groups in total. The van der Waals surface area contributed by atoms with E-state index in [1.807, 2.05) is 12.4 Å². The van der Waals surface area contributed by atoms with Crippen LogP contribution >= 0.6 is 0 Å². The molecule has 0 spiro atoms. The minimum atomic E-state index is 0.377. The Kier molecular flexibility index (Phi) is 4.85. The maximum atomic E-state index is 6.14. The van der Waals surface area contributed by atoms with Crippen molar-refractivity contribution in [3.8, 4) is 5.75 Å². The lowest BCUT2D eigenvalue weighted by Gasteiger charge is -2.31. The van der Waals surface area contributed by atoms with Gasteiger partial charge in [0.15, 0.2) is 0 Å². The normalized spacial score (nSPS) is 23.7. The van der Waals surface area contributed by atoms with Gasteiger partial charge in [-0.25, -0.2) is 0 Å². The SMILES string of the molecule is CCNc1cncc(OC2CCCCC2CC)c1. The monoisotopic (exact) mass is 248 g/mol. The number of pyridine rings is 1. The summed E-state index contributed by atoms with van der Waals surface area (Å²) in [6, 6.07) is 2.05. The number of nitrogens with zero attached hydrogens (tertiary/aromatic N) is 1. The Morgan fingerprint density at radius 2 is 2.11 bits per heavy atom. The van der Waals surface area contributed by atoms with Crippen LogP contribution in [0.5, 0.6) is 5.75 Å². The van der Waals surface area contributed by atoms with E-state index >= 15 is 0 Å². The van der Waals surface area contributed by atoms with Crippen LogP contribution in [0.3, 0.4) is 0 Å². The quantitative estimate of drug-likeness (QED) is 0.859. The minimum absolute atomic E-state index is 0.377. The molecule has 2 unspecified atom stereocenters. The molecule has 0 saturated heterocycles. The summed E-state index contributed by atoms with van der Waals surface area (Å²) in [5.74, 6) is 1.61. The molecule has 1 fully saturated rings. The zero-order valence-corrected chi connectivity index (χ0v) is 11.5. The second kappa shape index (κ2) is 6.62. The van der Waals surface area contributed by atoms with Gasteiger partial charge in [-0.05, 0) is 38.5 Å². The number of nitrogens with one attached hydrogen (secondary N) is 1. The van der Waals surface area contributed by atoms with E-state index in [-0.39, 0.29) is 0 Å². The van der Waals surface area contributed by atoms with Crippen LogP contribution in [0, 0.1) is 5.92 Å². The summed E-state index contributed by atoms with van der Waals surface area (Å²) in [6.07, 6.45) is 10.4. The maximum Gasteiger partial charge on any atom is 0.140 e. The second-order valence-electron chi connectivity index (χ2n) is 5.05. The molecule has 0 aliphatic heterocycles. The molecule has 1 heterocycles. The first-order valence-corrected chi connectivity index (χ1v) is 7.19. The van der Waals surface area contributed by atoms with Crippen LogP contribution in [0.1, 0.15) is 46.0 Å². The van der Waals surface area contributed by atoms with Crippen molar-refractivity contribution >= 4 is 5.69 Å². The van der Waals surface area contributed by atoms with Gasteiger partial charge < -0.3 is 10.1 Å². The average molecular weight is 248 g/mol. The molecule has 1 saturated carbocycles. The van der Waals surface area contributed by atoms with Crippen molar-refractivity contribution in [1.29, 1.82) is 0 Å². The number of ether oxygens (including phenoxy) is 1. The van der Waals surface area contributed by atoms with Gasteiger partial charge in [-0.3, -0.25) is 4.98 Å². The molecule has 1 aromatic rings. The third-order valence-electron chi connectivity index (χ3n) is 3.75. The molecular formula is C15H24N2O. The molecule has 1 aliphatic rings. The Hall–Kier alpha value is -1.25. The van der Waals surface area contributed by atoms with Gasteiger partial charge in [0.05, 0.1) is 18.1 Å². The minimum Gasteiger partial charge on any atom is -0.488 e. The van der Waals surface area contributed by atoms with Crippen LogP contribution in [-0.4, -0.2) is 17.6 Å². The van der Waals surface area contributed by atoms with Gasteiger partial charge in [0, 0.05) is 12.6 Å². The van der Waals surface area contributed by atoms with Crippen LogP contribution in [-0.2, 0) is 0 Å². The molecule has 2 atom stereocenters. The van der Waals surface area contributed by atoms with Crippen LogP contribution in [0.4, 0.5) is 5.69 Å². The van der Waals surface area contributed by atoms with Gasteiger partial charge in [0.2, 0.25) is 0 Å². The lowest BCUT2D eigenvalue weighted by Crippen LogP contribution is -2.29.